The largest absolute Gasteiger partial charge is 0.397 e. The molecule has 0 atom stereocenters. The minimum Gasteiger partial charge on any atom is -0.397 e. The van der Waals surface area contributed by atoms with Crippen molar-refractivity contribution in [2.24, 2.45) is 5.73 Å². The molecule has 4 heteroatoms. The molecule has 0 unspecified atom stereocenters. The fourth-order valence-electron chi connectivity index (χ4n) is 1.41. The molecule has 84 valence electrons. The standard InChI is InChI=1S/C12H12Cl2N2/c1-2-4-8(7-15)12(16)11-9(13)5-3-6-10(11)14/h3,5-6H,2,4,16H2,1H3/b12-8-. The number of allylic oxidation sites excluding steroid dienone is 1. The maximum Gasteiger partial charge on any atom is 0.0968 e. The van der Waals surface area contributed by atoms with Gasteiger partial charge in [-0.2, -0.15) is 5.26 Å². The summed E-state index contributed by atoms with van der Waals surface area (Å²) in [7, 11) is 0. The van der Waals surface area contributed by atoms with Crippen molar-refractivity contribution in [3.63, 3.8) is 0 Å². The first-order valence-electron chi connectivity index (χ1n) is 4.94. The van der Waals surface area contributed by atoms with E-state index in [9.17, 15) is 0 Å². The van der Waals surface area contributed by atoms with Crippen molar-refractivity contribution in [2.75, 3.05) is 0 Å². The van der Waals surface area contributed by atoms with Gasteiger partial charge in [-0.15, -0.1) is 0 Å². The predicted molar refractivity (Wildman–Crippen MR) is 68.1 cm³/mol. The summed E-state index contributed by atoms with van der Waals surface area (Å²) in [6, 6.07) is 7.25. The SMILES string of the molecule is CCC/C(C#N)=C(/N)c1c(Cl)cccc1Cl. The van der Waals surface area contributed by atoms with Crippen molar-refractivity contribution in [3.8, 4) is 6.07 Å². The molecule has 0 aliphatic heterocycles. The number of nitriles is 1. The highest BCUT2D eigenvalue weighted by molar-refractivity contribution is 6.37. The molecule has 0 bridgehead atoms. The normalized spacial score (nSPS) is 11.9. The summed E-state index contributed by atoms with van der Waals surface area (Å²) in [5.41, 5.74) is 7.38. The molecule has 0 aliphatic carbocycles. The molecule has 2 nitrogen and oxygen atoms in total. The van der Waals surface area contributed by atoms with Gasteiger partial charge in [-0.25, -0.2) is 0 Å². The number of hydrogen-bond donors (Lipinski definition) is 1. The van der Waals surface area contributed by atoms with E-state index >= 15 is 0 Å². The molecule has 0 aromatic heterocycles. The zero-order chi connectivity index (χ0) is 12.1. The van der Waals surface area contributed by atoms with Gasteiger partial charge in [-0.3, -0.25) is 0 Å². The summed E-state index contributed by atoms with van der Waals surface area (Å²) in [6.07, 6.45) is 1.48. The molecule has 0 saturated heterocycles. The molecule has 0 spiro atoms. The molecule has 0 aliphatic rings. The number of nitrogens with two attached hydrogens (primary N) is 1. The Labute approximate surface area is 105 Å². The van der Waals surface area contributed by atoms with Gasteiger partial charge < -0.3 is 5.73 Å². The molecule has 0 radical (unpaired) electrons. The van der Waals surface area contributed by atoms with Crippen LogP contribution in [0, 0.1) is 11.3 Å². The zero-order valence-corrected chi connectivity index (χ0v) is 10.4. The van der Waals surface area contributed by atoms with Crippen molar-refractivity contribution in [3.05, 3.63) is 39.4 Å². The maximum atomic E-state index is 9.00. The van der Waals surface area contributed by atoms with Crippen LogP contribution in [0.3, 0.4) is 0 Å². The summed E-state index contributed by atoms with van der Waals surface area (Å²) in [4.78, 5) is 0. The topological polar surface area (TPSA) is 49.8 Å². The Balaban J connectivity index is 3.33. The van der Waals surface area contributed by atoms with Crippen molar-refractivity contribution in [1.82, 2.24) is 0 Å². The van der Waals surface area contributed by atoms with E-state index in [0.29, 0.717) is 33.3 Å². The fourth-order valence-corrected chi connectivity index (χ4v) is 2.01. The molecular weight excluding hydrogens is 243 g/mol. The Morgan fingerprint density at radius 3 is 2.38 bits per heavy atom. The zero-order valence-electron chi connectivity index (χ0n) is 8.93. The summed E-state index contributed by atoms with van der Waals surface area (Å²) in [5, 5.41) is 9.93. The van der Waals surface area contributed by atoms with Crippen LogP contribution in [0.4, 0.5) is 0 Å². The molecule has 0 heterocycles. The average Bonchev–Trinajstić information content (AvgIpc) is 2.25. The third kappa shape index (κ3) is 2.69. The van der Waals surface area contributed by atoms with Crippen LogP contribution < -0.4 is 5.73 Å². The van der Waals surface area contributed by atoms with E-state index in [0.717, 1.165) is 6.42 Å². The van der Waals surface area contributed by atoms with E-state index in [1.165, 1.54) is 0 Å². The quantitative estimate of drug-likeness (QED) is 0.830. The summed E-state index contributed by atoms with van der Waals surface area (Å²) in [5.74, 6) is 0. The second-order valence-electron chi connectivity index (χ2n) is 3.35. The molecule has 16 heavy (non-hydrogen) atoms. The molecule has 2 N–H and O–H groups in total. The van der Waals surface area contributed by atoms with Gasteiger partial charge >= 0.3 is 0 Å². The minimum atomic E-state index is 0.375. The van der Waals surface area contributed by atoms with Crippen LogP contribution in [0.15, 0.2) is 23.8 Å². The molecule has 0 saturated carbocycles. The highest BCUT2D eigenvalue weighted by atomic mass is 35.5. The van der Waals surface area contributed by atoms with Gasteiger partial charge in [-0.05, 0) is 18.6 Å². The molecule has 1 aromatic rings. The summed E-state index contributed by atoms with van der Waals surface area (Å²) < 4.78 is 0. The summed E-state index contributed by atoms with van der Waals surface area (Å²) in [6.45, 7) is 1.98. The van der Waals surface area contributed by atoms with Crippen LogP contribution in [0.1, 0.15) is 25.3 Å². The second kappa shape index (κ2) is 5.79. The highest BCUT2D eigenvalue weighted by Gasteiger charge is 2.12. The lowest BCUT2D eigenvalue weighted by Gasteiger charge is -2.09. The van der Waals surface area contributed by atoms with E-state index in [-0.39, 0.29) is 0 Å². The van der Waals surface area contributed by atoms with Gasteiger partial charge in [0, 0.05) is 5.56 Å². The number of halogens is 2. The van der Waals surface area contributed by atoms with Gasteiger partial charge in [0.1, 0.15) is 0 Å². The van der Waals surface area contributed by atoms with Crippen LogP contribution in [0.5, 0.6) is 0 Å². The highest BCUT2D eigenvalue weighted by Crippen LogP contribution is 2.30. The predicted octanol–water partition coefficient (Wildman–Crippen LogP) is 3.99. The first-order valence-corrected chi connectivity index (χ1v) is 5.70. The molecule has 0 fully saturated rings. The van der Waals surface area contributed by atoms with Crippen LogP contribution >= 0.6 is 23.2 Å². The van der Waals surface area contributed by atoms with Crippen LogP contribution in [-0.4, -0.2) is 0 Å². The van der Waals surface area contributed by atoms with E-state index in [2.05, 4.69) is 6.07 Å². The maximum absolute atomic E-state index is 9.00. The molecule has 1 rings (SSSR count). The lowest BCUT2D eigenvalue weighted by atomic mass is 10.0. The monoisotopic (exact) mass is 254 g/mol. The van der Waals surface area contributed by atoms with Crippen molar-refractivity contribution >= 4 is 28.9 Å². The smallest absolute Gasteiger partial charge is 0.0968 e. The third-order valence-corrected chi connectivity index (χ3v) is 2.82. The first kappa shape index (κ1) is 12.9. The van der Waals surface area contributed by atoms with Crippen molar-refractivity contribution < 1.29 is 0 Å². The fraction of sp³-hybridized carbons (Fsp3) is 0.250. The van der Waals surface area contributed by atoms with Crippen LogP contribution in [0.2, 0.25) is 10.0 Å². The van der Waals surface area contributed by atoms with Crippen LogP contribution in [-0.2, 0) is 0 Å². The van der Waals surface area contributed by atoms with Gasteiger partial charge in [0.15, 0.2) is 0 Å². The number of hydrogen-bond acceptors (Lipinski definition) is 2. The Morgan fingerprint density at radius 2 is 1.94 bits per heavy atom. The molecular formula is C12H12Cl2N2. The van der Waals surface area contributed by atoms with Gasteiger partial charge in [0.05, 0.1) is 27.4 Å². The second-order valence-corrected chi connectivity index (χ2v) is 4.17. The number of nitrogens with zero attached hydrogens (tertiary/aromatic N) is 1. The van der Waals surface area contributed by atoms with Gasteiger partial charge in [0.2, 0.25) is 0 Å². The Bertz CT molecular complexity index is 438. The minimum absolute atomic E-state index is 0.375. The first-order chi connectivity index (χ1) is 7.61. The molecule has 0 amide bonds. The summed E-state index contributed by atoms with van der Waals surface area (Å²) >= 11 is 12.0. The van der Waals surface area contributed by atoms with E-state index in [1.54, 1.807) is 18.2 Å². The van der Waals surface area contributed by atoms with E-state index < -0.39 is 0 Å². The van der Waals surface area contributed by atoms with E-state index in [4.69, 9.17) is 34.2 Å². The third-order valence-electron chi connectivity index (χ3n) is 2.19. The lowest BCUT2D eigenvalue weighted by Crippen LogP contribution is -2.02. The van der Waals surface area contributed by atoms with E-state index in [1.807, 2.05) is 6.92 Å². The lowest BCUT2D eigenvalue weighted by molar-refractivity contribution is 0.929. The Kier molecular flexibility index (Phi) is 4.67. The Morgan fingerprint density at radius 1 is 1.38 bits per heavy atom. The van der Waals surface area contributed by atoms with Gasteiger partial charge in [0.25, 0.3) is 0 Å². The number of rotatable bonds is 3. The van der Waals surface area contributed by atoms with Crippen molar-refractivity contribution in [2.45, 2.75) is 19.8 Å². The number of benzene rings is 1. The average molecular weight is 255 g/mol. The molecule has 1 aromatic carbocycles. The van der Waals surface area contributed by atoms with Crippen molar-refractivity contribution in [1.29, 1.82) is 5.26 Å². The van der Waals surface area contributed by atoms with Gasteiger partial charge in [-0.1, -0.05) is 42.6 Å². The Hall–Kier alpha value is -1.17. The van der Waals surface area contributed by atoms with Crippen LogP contribution in [0.25, 0.3) is 5.70 Å².